The van der Waals surface area contributed by atoms with Crippen molar-refractivity contribution in [3.8, 4) is 17.5 Å². The van der Waals surface area contributed by atoms with Crippen LogP contribution in [0, 0.1) is 32.1 Å². The second-order valence-corrected chi connectivity index (χ2v) is 6.40. The van der Waals surface area contributed by atoms with Crippen molar-refractivity contribution in [1.29, 1.82) is 5.26 Å². The number of hydrogen-bond donors (Lipinski definition) is 0. The standard InChI is InChI=1S/C23H22N2O/c1-16-8-10-19(11-9-16)21(15-24)13-20-12-17(2)25(18(20)3)22-6-5-7-23(14-22)26-4/h5-14H,1-4H3. The predicted octanol–water partition coefficient (Wildman–Crippen LogP) is 5.48. The van der Waals surface area contributed by atoms with Crippen molar-refractivity contribution in [3.63, 3.8) is 0 Å². The highest BCUT2D eigenvalue weighted by Gasteiger charge is 2.11. The molecule has 3 rings (SSSR count). The lowest BCUT2D eigenvalue weighted by Crippen LogP contribution is -1.99. The Morgan fingerprint density at radius 1 is 1.04 bits per heavy atom. The van der Waals surface area contributed by atoms with Gasteiger partial charge in [0.1, 0.15) is 5.75 Å². The van der Waals surface area contributed by atoms with Crippen molar-refractivity contribution in [2.45, 2.75) is 20.8 Å². The van der Waals surface area contributed by atoms with Crippen LogP contribution in [0.4, 0.5) is 0 Å². The van der Waals surface area contributed by atoms with Crippen molar-refractivity contribution in [2.75, 3.05) is 7.11 Å². The summed E-state index contributed by atoms with van der Waals surface area (Å²) in [5.74, 6) is 0.824. The minimum absolute atomic E-state index is 0.663. The number of hydrogen-bond acceptors (Lipinski definition) is 2. The Morgan fingerprint density at radius 3 is 2.42 bits per heavy atom. The molecule has 0 saturated heterocycles. The van der Waals surface area contributed by atoms with Crippen LogP contribution in [0.15, 0.2) is 54.6 Å². The Kier molecular flexibility index (Phi) is 4.95. The van der Waals surface area contributed by atoms with Crippen molar-refractivity contribution >= 4 is 11.6 Å². The summed E-state index contributed by atoms with van der Waals surface area (Å²) in [6.45, 7) is 6.19. The van der Waals surface area contributed by atoms with Crippen LogP contribution >= 0.6 is 0 Å². The van der Waals surface area contributed by atoms with Gasteiger partial charge in [-0.3, -0.25) is 0 Å². The van der Waals surface area contributed by atoms with Gasteiger partial charge >= 0.3 is 0 Å². The zero-order valence-electron chi connectivity index (χ0n) is 15.6. The van der Waals surface area contributed by atoms with Crippen LogP contribution in [0.1, 0.15) is 28.1 Å². The van der Waals surface area contributed by atoms with Gasteiger partial charge in [-0.15, -0.1) is 0 Å². The van der Waals surface area contributed by atoms with E-state index in [1.54, 1.807) is 7.11 Å². The summed E-state index contributed by atoms with van der Waals surface area (Å²) in [6, 6.07) is 20.5. The molecule has 0 saturated carbocycles. The summed E-state index contributed by atoms with van der Waals surface area (Å²) >= 11 is 0. The maximum Gasteiger partial charge on any atom is 0.120 e. The van der Waals surface area contributed by atoms with Crippen molar-refractivity contribution in [2.24, 2.45) is 0 Å². The molecule has 0 atom stereocenters. The van der Waals surface area contributed by atoms with Gasteiger partial charge in [0.15, 0.2) is 0 Å². The molecule has 0 aliphatic rings. The highest BCUT2D eigenvalue weighted by atomic mass is 16.5. The molecule has 0 spiro atoms. The number of nitriles is 1. The number of benzene rings is 2. The summed E-state index contributed by atoms with van der Waals surface area (Å²) < 4.78 is 7.52. The average Bonchev–Trinajstić information content (AvgIpc) is 2.94. The van der Waals surface area contributed by atoms with Crippen LogP contribution in [0.25, 0.3) is 17.3 Å². The lowest BCUT2D eigenvalue weighted by atomic mass is 10.0. The van der Waals surface area contributed by atoms with Gasteiger partial charge in [0.25, 0.3) is 0 Å². The summed E-state index contributed by atoms with van der Waals surface area (Å²) in [5, 5.41) is 9.62. The van der Waals surface area contributed by atoms with Crippen LogP contribution in [0.5, 0.6) is 5.75 Å². The molecule has 0 bridgehead atoms. The van der Waals surface area contributed by atoms with Crippen molar-refractivity contribution in [3.05, 3.63) is 82.7 Å². The normalized spacial score (nSPS) is 11.3. The fourth-order valence-corrected chi connectivity index (χ4v) is 3.15. The summed E-state index contributed by atoms with van der Waals surface area (Å²) in [5.41, 5.74) is 7.08. The molecule has 1 aromatic heterocycles. The predicted molar refractivity (Wildman–Crippen MR) is 106 cm³/mol. The Hall–Kier alpha value is -3.25. The number of aryl methyl sites for hydroxylation is 2. The maximum atomic E-state index is 9.62. The molecule has 26 heavy (non-hydrogen) atoms. The third kappa shape index (κ3) is 3.41. The maximum absolute atomic E-state index is 9.62. The van der Waals surface area contributed by atoms with Gasteiger partial charge in [0, 0.05) is 23.1 Å². The lowest BCUT2D eigenvalue weighted by molar-refractivity contribution is 0.414. The van der Waals surface area contributed by atoms with E-state index >= 15 is 0 Å². The molecule has 0 N–H and O–H groups in total. The van der Waals surface area contributed by atoms with E-state index in [4.69, 9.17) is 4.74 Å². The number of ether oxygens (including phenoxy) is 1. The minimum atomic E-state index is 0.663. The monoisotopic (exact) mass is 342 g/mol. The van der Waals surface area contributed by atoms with Gasteiger partial charge in [-0.05, 0) is 56.2 Å². The number of rotatable bonds is 4. The Bertz CT molecular complexity index is 1000. The Labute approximate surface area is 154 Å². The molecular weight excluding hydrogens is 320 g/mol. The van der Waals surface area contributed by atoms with E-state index in [9.17, 15) is 5.26 Å². The van der Waals surface area contributed by atoms with E-state index in [-0.39, 0.29) is 0 Å². The molecule has 0 radical (unpaired) electrons. The van der Waals surface area contributed by atoms with E-state index in [1.165, 1.54) is 5.56 Å². The zero-order valence-corrected chi connectivity index (χ0v) is 15.6. The van der Waals surface area contributed by atoms with Gasteiger partial charge in [-0.2, -0.15) is 5.26 Å². The van der Waals surface area contributed by atoms with Gasteiger partial charge in [-0.1, -0.05) is 35.9 Å². The molecule has 0 amide bonds. The molecule has 3 aromatic rings. The first kappa shape index (κ1) is 17.6. The topological polar surface area (TPSA) is 38.0 Å². The van der Waals surface area contributed by atoms with E-state index in [2.05, 4.69) is 36.6 Å². The smallest absolute Gasteiger partial charge is 0.120 e. The summed E-state index contributed by atoms with van der Waals surface area (Å²) in [7, 11) is 1.67. The minimum Gasteiger partial charge on any atom is -0.497 e. The third-order valence-corrected chi connectivity index (χ3v) is 4.56. The zero-order chi connectivity index (χ0) is 18.7. The molecule has 0 unspecified atom stereocenters. The molecule has 0 fully saturated rings. The first-order valence-electron chi connectivity index (χ1n) is 8.55. The summed E-state index contributed by atoms with van der Waals surface area (Å²) in [6.07, 6.45) is 1.96. The molecule has 3 heteroatoms. The summed E-state index contributed by atoms with van der Waals surface area (Å²) in [4.78, 5) is 0. The first-order valence-corrected chi connectivity index (χ1v) is 8.55. The van der Waals surface area contributed by atoms with Crippen LogP contribution in [-0.4, -0.2) is 11.7 Å². The molecule has 1 heterocycles. The van der Waals surface area contributed by atoms with Crippen LogP contribution < -0.4 is 4.74 Å². The van der Waals surface area contributed by atoms with Gasteiger partial charge in [0.2, 0.25) is 0 Å². The van der Waals surface area contributed by atoms with Gasteiger partial charge < -0.3 is 9.30 Å². The van der Waals surface area contributed by atoms with Crippen molar-refractivity contribution < 1.29 is 4.74 Å². The van der Waals surface area contributed by atoms with Gasteiger partial charge in [0.05, 0.1) is 18.8 Å². The van der Waals surface area contributed by atoms with Crippen LogP contribution in [0.2, 0.25) is 0 Å². The highest BCUT2D eigenvalue weighted by molar-refractivity contribution is 5.90. The highest BCUT2D eigenvalue weighted by Crippen LogP contribution is 2.27. The number of methoxy groups -OCH3 is 1. The number of aromatic nitrogens is 1. The quantitative estimate of drug-likeness (QED) is 0.589. The average molecular weight is 342 g/mol. The largest absolute Gasteiger partial charge is 0.497 e. The Morgan fingerprint density at radius 2 is 1.77 bits per heavy atom. The van der Waals surface area contributed by atoms with Crippen molar-refractivity contribution in [1.82, 2.24) is 4.57 Å². The molecule has 0 aliphatic heterocycles. The van der Waals surface area contributed by atoms with Gasteiger partial charge in [-0.25, -0.2) is 0 Å². The fourth-order valence-electron chi connectivity index (χ4n) is 3.15. The second kappa shape index (κ2) is 7.33. The fraction of sp³-hybridized carbons (Fsp3) is 0.174. The molecule has 2 aromatic carbocycles. The molecule has 3 nitrogen and oxygen atoms in total. The van der Waals surface area contributed by atoms with Crippen LogP contribution in [-0.2, 0) is 0 Å². The first-order chi connectivity index (χ1) is 12.5. The van der Waals surface area contributed by atoms with E-state index in [0.717, 1.165) is 34.0 Å². The molecule has 130 valence electrons. The van der Waals surface area contributed by atoms with E-state index in [0.29, 0.717) is 5.57 Å². The molecular formula is C23H22N2O. The Balaban J connectivity index is 2.07. The second-order valence-electron chi connectivity index (χ2n) is 6.40. The van der Waals surface area contributed by atoms with Crippen LogP contribution in [0.3, 0.4) is 0 Å². The SMILES string of the molecule is COc1cccc(-n2c(C)cc(C=C(C#N)c3ccc(C)cc3)c2C)c1. The molecule has 0 aliphatic carbocycles. The number of allylic oxidation sites excluding steroid dienone is 1. The number of nitrogens with zero attached hydrogens (tertiary/aromatic N) is 2. The lowest BCUT2D eigenvalue weighted by Gasteiger charge is -2.11. The third-order valence-electron chi connectivity index (χ3n) is 4.56. The van der Waals surface area contributed by atoms with E-state index < -0.39 is 0 Å². The van der Waals surface area contributed by atoms with E-state index in [1.807, 2.05) is 55.5 Å².